The van der Waals surface area contributed by atoms with Gasteiger partial charge >= 0.3 is 0 Å². The molecule has 0 aromatic carbocycles. The first-order valence-corrected chi connectivity index (χ1v) is 6.22. The van der Waals surface area contributed by atoms with Crippen LogP contribution in [0.4, 0.5) is 11.5 Å². The van der Waals surface area contributed by atoms with E-state index in [4.69, 9.17) is 4.74 Å². The van der Waals surface area contributed by atoms with E-state index in [1.54, 1.807) is 17.8 Å². The second-order valence-electron chi connectivity index (χ2n) is 4.36. The highest BCUT2D eigenvalue weighted by atomic mass is 16.5. The zero-order valence-corrected chi connectivity index (χ0v) is 11.3. The molecule has 0 spiro atoms. The number of rotatable bonds is 5. The Morgan fingerprint density at radius 1 is 1.35 bits per heavy atom. The largest absolute Gasteiger partial charge is 0.383 e. The SMILES string of the molecule is COCCn1cc(Nc2cc(C)nc3ncnn23)cn1. The summed E-state index contributed by atoms with van der Waals surface area (Å²) in [6.07, 6.45) is 5.15. The number of hydrogen-bond acceptors (Lipinski definition) is 6. The van der Waals surface area contributed by atoms with Crippen molar-refractivity contribution < 1.29 is 4.74 Å². The fourth-order valence-corrected chi connectivity index (χ4v) is 1.90. The number of aryl methyl sites for hydroxylation is 1. The van der Waals surface area contributed by atoms with E-state index < -0.39 is 0 Å². The van der Waals surface area contributed by atoms with E-state index in [1.165, 1.54) is 6.33 Å². The van der Waals surface area contributed by atoms with E-state index in [-0.39, 0.29) is 0 Å². The van der Waals surface area contributed by atoms with E-state index in [9.17, 15) is 0 Å². The Balaban J connectivity index is 1.85. The van der Waals surface area contributed by atoms with E-state index >= 15 is 0 Å². The minimum atomic E-state index is 0.569. The van der Waals surface area contributed by atoms with E-state index in [1.807, 2.05) is 23.9 Å². The fourth-order valence-electron chi connectivity index (χ4n) is 1.90. The molecule has 0 saturated heterocycles. The van der Waals surface area contributed by atoms with Gasteiger partial charge in [-0.1, -0.05) is 0 Å². The summed E-state index contributed by atoms with van der Waals surface area (Å²) in [5.74, 6) is 1.37. The van der Waals surface area contributed by atoms with Crippen LogP contribution in [0.5, 0.6) is 0 Å². The molecule has 0 aliphatic carbocycles. The molecule has 0 aliphatic rings. The smallest absolute Gasteiger partial charge is 0.254 e. The number of anilines is 2. The molecule has 104 valence electrons. The first-order chi connectivity index (χ1) is 9.76. The van der Waals surface area contributed by atoms with Crippen LogP contribution < -0.4 is 5.32 Å². The van der Waals surface area contributed by atoms with Gasteiger partial charge in [-0.3, -0.25) is 4.68 Å². The number of nitrogens with zero attached hydrogens (tertiary/aromatic N) is 6. The Bertz CT molecular complexity index is 717. The van der Waals surface area contributed by atoms with Crippen molar-refractivity contribution in [3.8, 4) is 0 Å². The Kier molecular flexibility index (Phi) is 3.30. The predicted octanol–water partition coefficient (Wildman–Crippen LogP) is 1.02. The molecule has 0 aliphatic heterocycles. The van der Waals surface area contributed by atoms with Gasteiger partial charge in [0.25, 0.3) is 5.78 Å². The molecule has 20 heavy (non-hydrogen) atoms. The van der Waals surface area contributed by atoms with Crippen molar-refractivity contribution in [2.24, 2.45) is 0 Å². The van der Waals surface area contributed by atoms with Crippen molar-refractivity contribution in [1.82, 2.24) is 29.4 Å². The maximum absolute atomic E-state index is 5.02. The molecule has 0 radical (unpaired) electrons. The highest BCUT2D eigenvalue weighted by molar-refractivity contribution is 5.56. The molecular weight excluding hydrogens is 258 g/mol. The lowest BCUT2D eigenvalue weighted by Gasteiger charge is -2.06. The average Bonchev–Trinajstić information content (AvgIpc) is 3.05. The third-order valence-corrected chi connectivity index (χ3v) is 2.81. The third kappa shape index (κ3) is 2.45. The number of nitrogens with one attached hydrogen (secondary N) is 1. The van der Waals surface area contributed by atoms with Gasteiger partial charge in [0.15, 0.2) is 0 Å². The van der Waals surface area contributed by atoms with Crippen LogP contribution in [0.15, 0.2) is 24.8 Å². The summed E-state index contributed by atoms with van der Waals surface area (Å²) in [5.41, 5.74) is 1.75. The molecule has 0 saturated carbocycles. The zero-order valence-electron chi connectivity index (χ0n) is 11.3. The van der Waals surface area contributed by atoms with Crippen LogP contribution in [0, 0.1) is 6.92 Å². The summed E-state index contributed by atoms with van der Waals surface area (Å²) in [6.45, 7) is 3.26. The summed E-state index contributed by atoms with van der Waals surface area (Å²) < 4.78 is 8.49. The van der Waals surface area contributed by atoms with Crippen LogP contribution in [-0.2, 0) is 11.3 Å². The average molecular weight is 273 g/mol. The molecule has 3 rings (SSSR count). The van der Waals surface area contributed by atoms with Gasteiger partial charge < -0.3 is 10.1 Å². The molecule has 0 unspecified atom stereocenters. The number of methoxy groups -OCH3 is 1. The second kappa shape index (κ2) is 5.25. The second-order valence-corrected chi connectivity index (χ2v) is 4.36. The topological polar surface area (TPSA) is 82.2 Å². The fraction of sp³-hybridized carbons (Fsp3) is 0.333. The Morgan fingerprint density at radius 2 is 2.25 bits per heavy atom. The first-order valence-electron chi connectivity index (χ1n) is 6.22. The Morgan fingerprint density at radius 3 is 3.10 bits per heavy atom. The molecular formula is C12H15N7O. The number of hydrogen-bond donors (Lipinski definition) is 1. The van der Waals surface area contributed by atoms with Gasteiger partial charge in [-0.15, -0.1) is 0 Å². The number of aromatic nitrogens is 6. The van der Waals surface area contributed by atoms with Crippen LogP contribution in [0.3, 0.4) is 0 Å². The molecule has 8 heteroatoms. The molecule has 3 aromatic rings. The van der Waals surface area contributed by atoms with Crippen LogP contribution in [0.1, 0.15) is 5.69 Å². The third-order valence-electron chi connectivity index (χ3n) is 2.81. The molecule has 3 heterocycles. The summed E-state index contributed by atoms with van der Waals surface area (Å²) in [4.78, 5) is 8.39. The molecule has 8 nitrogen and oxygen atoms in total. The van der Waals surface area contributed by atoms with Crippen molar-refractivity contribution in [2.45, 2.75) is 13.5 Å². The molecule has 0 amide bonds. The highest BCUT2D eigenvalue weighted by Crippen LogP contribution is 2.16. The highest BCUT2D eigenvalue weighted by Gasteiger charge is 2.07. The first kappa shape index (κ1) is 12.5. The molecule has 0 atom stereocenters. The Labute approximate surface area is 115 Å². The minimum absolute atomic E-state index is 0.569. The summed E-state index contributed by atoms with van der Waals surface area (Å²) >= 11 is 0. The summed E-state index contributed by atoms with van der Waals surface area (Å²) in [5, 5.41) is 11.7. The monoisotopic (exact) mass is 273 g/mol. The molecule has 0 fully saturated rings. The minimum Gasteiger partial charge on any atom is -0.383 e. The summed E-state index contributed by atoms with van der Waals surface area (Å²) in [7, 11) is 1.67. The lowest BCUT2D eigenvalue weighted by molar-refractivity contribution is 0.183. The van der Waals surface area contributed by atoms with Gasteiger partial charge in [0.05, 0.1) is 25.0 Å². The number of fused-ring (bicyclic) bond motifs is 1. The van der Waals surface area contributed by atoms with Gasteiger partial charge in [-0.05, 0) is 6.92 Å². The van der Waals surface area contributed by atoms with E-state index in [0.717, 1.165) is 17.2 Å². The quantitative estimate of drug-likeness (QED) is 0.747. The van der Waals surface area contributed by atoms with Crippen molar-refractivity contribution >= 4 is 17.3 Å². The van der Waals surface area contributed by atoms with Crippen LogP contribution in [0.2, 0.25) is 0 Å². The molecule has 1 N–H and O–H groups in total. The van der Waals surface area contributed by atoms with Gasteiger partial charge in [-0.25, -0.2) is 4.98 Å². The van der Waals surface area contributed by atoms with Crippen molar-refractivity contribution in [1.29, 1.82) is 0 Å². The lowest BCUT2D eigenvalue weighted by atomic mass is 10.4. The van der Waals surface area contributed by atoms with E-state index in [2.05, 4.69) is 25.5 Å². The summed E-state index contributed by atoms with van der Waals surface area (Å²) in [6, 6.07) is 1.91. The van der Waals surface area contributed by atoms with Crippen LogP contribution in [-0.4, -0.2) is 43.1 Å². The van der Waals surface area contributed by atoms with Crippen LogP contribution >= 0.6 is 0 Å². The van der Waals surface area contributed by atoms with Gasteiger partial charge in [0, 0.05) is 25.1 Å². The van der Waals surface area contributed by atoms with Crippen molar-refractivity contribution in [3.05, 3.63) is 30.5 Å². The van der Waals surface area contributed by atoms with Crippen LogP contribution in [0.25, 0.3) is 5.78 Å². The molecule has 3 aromatic heterocycles. The van der Waals surface area contributed by atoms with Crippen molar-refractivity contribution in [2.75, 3.05) is 19.0 Å². The van der Waals surface area contributed by atoms with Gasteiger partial charge in [0.1, 0.15) is 12.1 Å². The lowest BCUT2D eigenvalue weighted by Crippen LogP contribution is -2.04. The molecule has 0 bridgehead atoms. The van der Waals surface area contributed by atoms with Gasteiger partial charge in [-0.2, -0.15) is 19.7 Å². The van der Waals surface area contributed by atoms with Gasteiger partial charge in [0.2, 0.25) is 0 Å². The maximum atomic E-state index is 5.02. The normalized spacial score (nSPS) is 11.1. The maximum Gasteiger partial charge on any atom is 0.254 e. The van der Waals surface area contributed by atoms with Crippen molar-refractivity contribution in [3.63, 3.8) is 0 Å². The predicted molar refractivity (Wildman–Crippen MR) is 72.9 cm³/mol. The van der Waals surface area contributed by atoms with E-state index in [0.29, 0.717) is 18.9 Å². The Hall–Kier alpha value is -2.48. The number of ether oxygens (including phenoxy) is 1. The standard InChI is InChI=1S/C12H15N7O/c1-9-5-11(19-12(16-9)13-8-15-19)17-10-6-14-18(7-10)3-4-20-2/h5-8,17H,3-4H2,1-2H3. The zero-order chi connectivity index (χ0) is 13.9.